The van der Waals surface area contributed by atoms with Gasteiger partial charge in [-0.25, -0.2) is 4.98 Å². The van der Waals surface area contributed by atoms with Crippen molar-refractivity contribution in [3.05, 3.63) is 29.1 Å². The number of ether oxygens (including phenoxy) is 1. The highest BCUT2D eigenvalue weighted by Crippen LogP contribution is 2.33. The Morgan fingerprint density at radius 2 is 2.11 bits per heavy atom. The van der Waals surface area contributed by atoms with Crippen LogP contribution in [0.5, 0.6) is 5.75 Å². The average Bonchev–Trinajstić information content (AvgIpc) is 2.86. The highest BCUT2D eigenvalue weighted by atomic mass is 32.1. The molecule has 1 aromatic heterocycles. The molecule has 1 heterocycles. The molecule has 0 atom stereocenters. The third-order valence-electron chi connectivity index (χ3n) is 2.86. The molecule has 4 heteroatoms. The Morgan fingerprint density at radius 1 is 1.33 bits per heavy atom. The third-order valence-corrected chi connectivity index (χ3v) is 3.75. The quantitative estimate of drug-likeness (QED) is 0.904. The zero-order valence-electron chi connectivity index (χ0n) is 11.2. The standard InChI is InChI=1S/C14H18N2OS/c1-9(2)11-7-10(5-6-12(11)17-4)14-16-13(15-3)8-18-14/h5-9,15H,1-4H3. The molecule has 0 aliphatic carbocycles. The predicted octanol–water partition coefficient (Wildman–Crippen LogP) is 3.98. The Labute approximate surface area is 112 Å². The zero-order chi connectivity index (χ0) is 13.1. The van der Waals surface area contributed by atoms with Crippen molar-refractivity contribution in [2.75, 3.05) is 19.5 Å². The molecule has 3 nitrogen and oxygen atoms in total. The van der Waals surface area contributed by atoms with Gasteiger partial charge in [0.15, 0.2) is 0 Å². The van der Waals surface area contributed by atoms with Gasteiger partial charge in [0.05, 0.1) is 7.11 Å². The van der Waals surface area contributed by atoms with Crippen molar-refractivity contribution in [2.24, 2.45) is 0 Å². The van der Waals surface area contributed by atoms with Gasteiger partial charge in [0, 0.05) is 18.0 Å². The van der Waals surface area contributed by atoms with E-state index in [0.29, 0.717) is 5.92 Å². The Balaban J connectivity index is 2.42. The maximum absolute atomic E-state index is 5.39. The van der Waals surface area contributed by atoms with E-state index in [1.807, 2.05) is 18.5 Å². The lowest BCUT2D eigenvalue weighted by Crippen LogP contribution is -1.95. The average molecular weight is 262 g/mol. The van der Waals surface area contributed by atoms with Crippen molar-refractivity contribution in [1.29, 1.82) is 0 Å². The minimum Gasteiger partial charge on any atom is -0.496 e. The fourth-order valence-electron chi connectivity index (χ4n) is 1.84. The van der Waals surface area contributed by atoms with Gasteiger partial charge >= 0.3 is 0 Å². The molecule has 0 radical (unpaired) electrons. The molecule has 0 amide bonds. The van der Waals surface area contributed by atoms with Gasteiger partial charge in [0.2, 0.25) is 0 Å². The predicted molar refractivity (Wildman–Crippen MR) is 77.7 cm³/mol. The van der Waals surface area contributed by atoms with E-state index in [1.165, 1.54) is 5.56 Å². The van der Waals surface area contributed by atoms with Gasteiger partial charge in [-0.05, 0) is 29.7 Å². The Hall–Kier alpha value is -1.55. The number of benzene rings is 1. The SMILES string of the molecule is CNc1csc(-c2ccc(OC)c(C(C)C)c2)n1. The summed E-state index contributed by atoms with van der Waals surface area (Å²) in [5, 5.41) is 6.11. The minimum atomic E-state index is 0.434. The molecular formula is C14H18N2OS. The topological polar surface area (TPSA) is 34.1 Å². The number of nitrogens with zero attached hydrogens (tertiary/aromatic N) is 1. The van der Waals surface area contributed by atoms with E-state index >= 15 is 0 Å². The molecular weight excluding hydrogens is 244 g/mol. The van der Waals surface area contributed by atoms with Crippen LogP contribution in [-0.2, 0) is 0 Å². The van der Waals surface area contributed by atoms with Crippen LogP contribution in [0.4, 0.5) is 5.82 Å². The first kappa shape index (κ1) is 12.9. The summed E-state index contributed by atoms with van der Waals surface area (Å²) in [6.45, 7) is 4.34. The van der Waals surface area contributed by atoms with E-state index in [0.717, 1.165) is 22.1 Å². The number of aromatic nitrogens is 1. The number of hydrogen-bond acceptors (Lipinski definition) is 4. The van der Waals surface area contributed by atoms with Crippen LogP contribution in [-0.4, -0.2) is 19.1 Å². The zero-order valence-corrected chi connectivity index (χ0v) is 12.0. The number of methoxy groups -OCH3 is 1. The van der Waals surface area contributed by atoms with Crippen LogP contribution >= 0.6 is 11.3 Å². The van der Waals surface area contributed by atoms with E-state index in [4.69, 9.17) is 4.74 Å². The fraction of sp³-hybridized carbons (Fsp3) is 0.357. The van der Waals surface area contributed by atoms with Crippen LogP contribution in [0.1, 0.15) is 25.3 Å². The summed E-state index contributed by atoms with van der Waals surface area (Å²) in [6, 6.07) is 6.25. The molecule has 0 aliphatic rings. The number of hydrogen-bond donors (Lipinski definition) is 1. The molecule has 2 aromatic rings. The third kappa shape index (κ3) is 2.48. The Morgan fingerprint density at radius 3 is 2.67 bits per heavy atom. The molecule has 96 valence electrons. The number of rotatable bonds is 4. The van der Waals surface area contributed by atoms with Crippen molar-refractivity contribution >= 4 is 17.2 Å². The summed E-state index contributed by atoms with van der Waals surface area (Å²) >= 11 is 1.65. The summed E-state index contributed by atoms with van der Waals surface area (Å²) in [6.07, 6.45) is 0. The molecule has 0 fully saturated rings. The maximum Gasteiger partial charge on any atom is 0.137 e. The van der Waals surface area contributed by atoms with Crippen LogP contribution < -0.4 is 10.1 Å². The van der Waals surface area contributed by atoms with Gasteiger partial charge < -0.3 is 10.1 Å². The molecule has 0 bridgehead atoms. The fourth-order valence-corrected chi connectivity index (χ4v) is 2.65. The van der Waals surface area contributed by atoms with Crippen molar-refractivity contribution < 1.29 is 4.74 Å². The Kier molecular flexibility index (Phi) is 3.87. The van der Waals surface area contributed by atoms with Gasteiger partial charge in [0.25, 0.3) is 0 Å². The van der Waals surface area contributed by atoms with Crippen LogP contribution in [0.25, 0.3) is 10.6 Å². The van der Waals surface area contributed by atoms with E-state index in [2.05, 4.69) is 36.3 Å². The van der Waals surface area contributed by atoms with Crippen LogP contribution in [0, 0.1) is 0 Å². The van der Waals surface area contributed by atoms with Crippen molar-refractivity contribution in [1.82, 2.24) is 4.98 Å². The summed E-state index contributed by atoms with van der Waals surface area (Å²) in [4.78, 5) is 4.52. The van der Waals surface area contributed by atoms with E-state index in [9.17, 15) is 0 Å². The first-order chi connectivity index (χ1) is 8.65. The smallest absolute Gasteiger partial charge is 0.137 e. The van der Waals surface area contributed by atoms with Crippen molar-refractivity contribution in [3.8, 4) is 16.3 Å². The first-order valence-corrected chi connectivity index (χ1v) is 6.85. The molecule has 1 aromatic carbocycles. The normalized spacial score (nSPS) is 10.7. The Bertz CT molecular complexity index is 534. The second-order valence-electron chi connectivity index (χ2n) is 4.40. The van der Waals surface area contributed by atoms with Gasteiger partial charge in [-0.1, -0.05) is 13.8 Å². The largest absolute Gasteiger partial charge is 0.496 e. The molecule has 0 unspecified atom stereocenters. The molecule has 0 saturated carbocycles. The van der Waals surface area contributed by atoms with Crippen molar-refractivity contribution in [3.63, 3.8) is 0 Å². The number of anilines is 1. The minimum absolute atomic E-state index is 0.434. The lowest BCUT2D eigenvalue weighted by Gasteiger charge is -2.12. The second-order valence-corrected chi connectivity index (χ2v) is 5.26. The van der Waals surface area contributed by atoms with Gasteiger partial charge in [-0.15, -0.1) is 11.3 Å². The summed E-state index contributed by atoms with van der Waals surface area (Å²) in [5.74, 6) is 2.29. The van der Waals surface area contributed by atoms with Gasteiger partial charge in [0.1, 0.15) is 16.6 Å². The van der Waals surface area contributed by atoms with Gasteiger partial charge in [-0.3, -0.25) is 0 Å². The molecule has 1 N–H and O–H groups in total. The highest BCUT2D eigenvalue weighted by Gasteiger charge is 2.11. The van der Waals surface area contributed by atoms with E-state index in [1.54, 1.807) is 18.4 Å². The molecule has 2 rings (SSSR count). The lowest BCUT2D eigenvalue weighted by molar-refractivity contribution is 0.407. The van der Waals surface area contributed by atoms with E-state index in [-0.39, 0.29) is 0 Å². The van der Waals surface area contributed by atoms with Gasteiger partial charge in [-0.2, -0.15) is 0 Å². The summed E-state index contributed by atoms with van der Waals surface area (Å²) < 4.78 is 5.39. The maximum atomic E-state index is 5.39. The number of nitrogens with one attached hydrogen (secondary N) is 1. The number of thiazole rings is 1. The second kappa shape index (κ2) is 5.40. The van der Waals surface area contributed by atoms with Crippen molar-refractivity contribution in [2.45, 2.75) is 19.8 Å². The summed E-state index contributed by atoms with van der Waals surface area (Å²) in [5.41, 5.74) is 2.36. The monoisotopic (exact) mass is 262 g/mol. The van der Waals surface area contributed by atoms with Crippen LogP contribution in [0.3, 0.4) is 0 Å². The molecule has 0 spiro atoms. The van der Waals surface area contributed by atoms with E-state index < -0.39 is 0 Å². The molecule has 0 saturated heterocycles. The molecule has 18 heavy (non-hydrogen) atoms. The molecule has 0 aliphatic heterocycles. The first-order valence-electron chi connectivity index (χ1n) is 5.97. The lowest BCUT2D eigenvalue weighted by atomic mass is 10.00. The van der Waals surface area contributed by atoms with Crippen LogP contribution in [0.15, 0.2) is 23.6 Å². The highest BCUT2D eigenvalue weighted by molar-refractivity contribution is 7.13. The summed E-state index contributed by atoms with van der Waals surface area (Å²) in [7, 11) is 3.59. The van der Waals surface area contributed by atoms with Crippen LogP contribution in [0.2, 0.25) is 0 Å².